The molecule has 1 aromatic carbocycles. The average Bonchev–Trinajstić information content (AvgIpc) is 3.62. The zero-order valence-corrected chi connectivity index (χ0v) is 17.9. The van der Waals surface area contributed by atoms with Gasteiger partial charge in [-0.3, -0.25) is 4.79 Å². The second-order valence-electron chi connectivity index (χ2n) is 8.89. The molecule has 1 heterocycles. The predicted octanol–water partition coefficient (Wildman–Crippen LogP) is 5.55. The van der Waals surface area contributed by atoms with E-state index in [2.05, 4.69) is 4.98 Å². The van der Waals surface area contributed by atoms with Crippen molar-refractivity contribution in [2.45, 2.75) is 56.8 Å². The standard InChI is InChI=1S/C25H30FNO4/c1-30-24-12-22(23(26)14-27-24)18-7-5-16(6-8-18)15-31-20-4-2-3-19(11-20)21(13-25(28)29)17-9-10-17/h2-4,11-12,14,16-18,21H,5-10,13,15H2,1H3,(H,28,29). The van der Waals surface area contributed by atoms with Crippen molar-refractivity contribution in [3.8, 4) is 11.6 Å². The molecule has 0 bridgehead atoms. The summed E-state index contributed by atoms with van der Waals surface area (Å²) in [6.45, 7) is 0.630. The van der Waals surface area contributed by atoms with Crippen molar-refractivity contribution in [3.05, 3.63) is 53.5 Å². The van der Waals surface area contributed by atoms with E-state index in [1.54, 1.807) is 13.2 Å². The number of ether oxygens (including phenoxy) is 2. The quantitative estimate of drug-likeness (QED) is 0.568. The van der Waals surface area contributed by atoms with Crippen molar-refractivity contribution in [2.75, 3.05) is 13.7 Å². The lowest BCUT2D eigenvalue weighted by Crippen LogP contribution is -2.20. The van der Waals surface area contributed by atoms with E-state index in [9.17, 15) is 14.3 Å². The van der Waals surface area contributed by atoms with E-state index in [0.29, 0.717) is 29.9 Å². The molecule has 1 N–H and O–H groups in total. The molecule has 0 aliphatic heterocycles. The molecule has 1 unspecified atom stereocenters. The van der Waals surface area contributed by atoms with Crippen molar-refractivity contribution >= 4 is 5.97 Å². The van der Waals surface area contributed by atoms with Crippen LogP contribution in [0, 0.1) is 17.7 Å². The summed E-state index contributed by atoms with van der Waals surface area (Å²) in [5.41, 5.74) is 1.76. The molecule has 1 atom stereocenters. The molecule has 166 valence electrons. The first kappa shape index (κ1) is 21.6. The van der Waals surface area contributed by atoms with Crippen LogP contribution in [-0.4, -0.2) is 29.8 Å². The predicted molar refractivity (Wildman–Crippen MR) is 115 cm³/mol. The van der Waals surface area contributed by atoms with Crippen LogP contribution in [0.2, 0.25) is 0 Å². The lowest BCUT2D eigenvalue weighted by atomic mass is 9.79. The van der Waals surface area contributed by atoms with Gasteiger partial charge in [0.2, 0.25) is 5.88 Å². The van der Waals surface area contributed by atoms with Gasteiger partial charge in [-0.05, 0) is 85.5 Å². The normalized spacial score (nSPS) is 22.0. The molecule has 1 aromatic heterocycles. The van der Waals surface area contributed by atoms with Crippen LogP contribution in [0.1, 0.15) is 67.9 Å². The van der Waals surface area contributed by atoms with Crippen LogP contribution in [-0.2, 0) is 4.79 Å². The number of hydrogen-bond acceptors (Lipinski definition) is 4. The van der Waals surface area contributed by atoms with E-state index in [-0.39, 0.29) is 24.1 Å². The Bertz CT molecular complexity index is 906. The van der Waals surface area contributed by atoms with Gasteiger partial charge >= 0.3 is 5.97 Å². The molecule has 0 amide bonds. The number of pyridine rings is 1. The summed E-state index contributed by atoms with van der Waals surface area (Å²) in [7, 11) is 1.54. The third-order valence-electron chi connectivity index (χ3n) is 6.71. The van der Waals surface area contributed by atoms with E-state index < -0.39 is 5.97 Å². The van der Waals surface area contributed by atoms with Crippen molar-refractivity contribution in [1.82, 2.24) is 4.98 Å². The van der Waals surface area contributed by atoms with Crippen molar-refractivity contribution < 1.29 is 23.8 Å². The number of rotatable bonds is 9. The van der Waals surface area contributed by atoms with Gasteiger partial charge in [0, 0.05) is 6.07 Å². The number of aromatic nitrogens is 1. The summed E-state index contributed by atoms with van der Waals surface area (Å²) in [6, 6.07) is 9.64. The van der Waals surface area contributed by atoms with Gasteiger partial charge in [-0.2, -0.15) is 0 Å². The van der Waals surface area contributed by atoms with Gasteiger partial charge in [0.1, 0.15) is 11.6 Å². The molecule has 2 fully saturated rings. The Labute approximate surface area is 182 Å². The number of carboxylic acid groups (broad SMARTS) is 1. The van der Waals surface area contributed by atoms with Gasteiger partial charge in [-0.15, -0.1) is 0 Å². The molecule has 2 aliphatic carbocycles. The molecule has 0 saturated heterocycles. The third kappa shape index (κ3) is 5.54. The Kier molecular flexibility index (Phi) is 6.73. The van der Waals surface area contributed by atoms with Crippen molar-refractivity contribution in [3.63, 3.8) is 0 Å². The lowest BCUT2D eigenvalue weighted by Gasteiger charge is -2.29. The largest absolute Gasteiger partial charge is 0.493 e. The van der Waals surface area contributed by atoms with Crippen LogP contribution in [0.25, 0.3) is 0 Å². The first-order chi connectivity index (χ1) is 15.0. The molecule has 2 aliphatic rings. The summed E-state index contributed by atoms with van der Waals surface area (Å²) in [6.07, 6.45) is 7.44. The fourth-order valence-corrected chi connectivity index (χ4v) is 4.79. The smallest absolute Gasteiger partial charge is 0.303 e. The highest BCUT2D eigenvalue weighted by molar-refractivity contribution is 5.68. The molecular formula is C25H30FNO4. The van der Waals surface area contributed by atoms with E-state index in [0.717, 1.165) is 49.8 Å². The van der Waals surface area contributed by atoms with Gasteiger partial charge in [-0.1, -0.05) is 12.1 Å². The highest BCUT2D eigenvalue weighted by atomic mass is 19.1. The molecule has 4 rings (SSSR count). The second kappa shape index (κ2) is 9.67. The van der Waals surface area contributed by atoms with Crippen molar-refractivity contribution in [1.29, 1.82) is 0 Å². The van der Waals surface area contributed by atoms with E-state index in [1.165, 1.54) is 6.20 Å². The molecule has 5 nitrogen and oxygen atoms in total. The van der Waals surface area contributed by atoms with Crippen LogP contribution >= 0.6 is 0 Å². The van der Waals surface area contributed by atoms with Crippen LogP contribution in [0.15, 0.2) is 36.5 Å². The maximum Gasteiger partial charge on any atom is 0.303 e. The van der Waals surface area contributed by atoms with Gasteiger partial charge in [0.05, 0.1) is 26.3 Å². The number of benzene rings is 1. The number of carboxylic acids is 1. The molecule has 2 saturated carbocycles. The maximum atomic E-state index is 14.2. The Balaban J connectivity index is 1.31. The Hall–Kier alpha value is -2.63. The minimum absolute atomic E-state index is 0.0729. The number of aliphatic carboxylic acids is 1. The number of carbonyl (C=O) groups is 1. The van der Waals surface area contributed by atoms with Gasteiger partial charge in [-0.25, -0.2) is 9.37 Å². The fraction of sp³-hybridized carbons (Fsp3) is 0.520. The molecule has 2 aromatic rings. The minimum Gasteiger partial charge on any atom is -0.493 e. The Morgan fingerprint density at radius 3 is 2.65 bits per heavy atom. The minimum atomic E-state index is -0.747. The molecule has 0 radical (unpaired) electrons. The van der Waals surface area contributed by atoms with Gasteiger partial charge in [0.15, 0.2) is 0 Å². The lowest BCUT2D eigenvalue weighted by molar-refractivity contribution is -0.137. The van der Waals surface area contributed by atoms with Crippen LogP contribution in [0.4, 0.5) is 4.39 Å². The third-order valence-corrected chi connectivity index (χ3v) is 6.71. The van der Waals surface area contributed by atoms with E-state index >= 15 is 0 Å². The second-order valence-corrected chi connectivity index (χ2v) is 8.89. The van der Waals surface area contributed by atoms with E-state index in [1.807, 2.05) is 24.3 Å². The topological polar surface area (TPSA) is 68.7 Å². The first-order valence-electron chi connectivity index (χ1n) is 11.2. The number of nitrogens with zero attached hydrogens (tertiary/aromatic N) is 1. The molecule has 0 spiro atoms. The molecule has 31 heavy (non-hydrogen) atoms. The fourth-order valence-electron chi connectivity index (χ4n) is 4.79. The first-order valence-corrected chi connectivity index (χ1v) is 11.2. The SMILES string of the molecule is COc1cc(C2CCC(COc3cccc(C(CC(=O)O)C4CC4)c3)CC2)c(F)cn1. The zero-order chi connectivity index (χ0) is 21.8. The summed E-state index contributed by atoms with van der Waals surface area (Å²) in [5, 5.41) is 9.25. The molecular weight excluding hydrogens is 397 g/mol. The summed E-state index contributed by atoms with van der Waals surface area (Å²) < 4.78 is 25.5. The van der Waals surface area contributed by atoms with E-state index in [4.69, 9.17) is 9.47 Å². The van der Waals surface area contributed by atoms with Crippen molar-refractivity contribution in [2.24, 2.45) is 11.8 Å². The van der Waals surface area contributed by atoms with Crippen LogP contribution in [0.5, 0.6) is 11.6 Å². The average molecular weight is 428 g/mol. The highest BCUT2D eigenvalue weighted by Gasteiger charge is 2.34. The molecule has 6 heteroatoms. The van der Waals surface area contributed by atoms with Crippen LogP contribution < -0.4 is 9.47 Å². The zero-order valence-electron chi connectivity index (χ0n) is 17.9. The number of hydrogen-bond donors (Lipinski definition) is 1. The Morgan fingerprint density at radius 2 is 1.97 bits per heavy atom. The summed E-state index contributed by atoms with van der Waals surface area (Å²) in [5.74, 6) is 1.43. The maximum absolute atomic E-state index is 14.2. The summed E-state index contributed by atoms with van der Waals surface area (Å²) in [4.78, 5) is 15.2. The monoisotopic (exact) mass is 427 g/mol. The number of halogens is 1. The van der Waals surface area contributed by atoms with Gasteiger partial charge < -0.3 is 14.6 Å². The summed E-state index contributed by atoms with van der Waals surface area (Å²) >= 11 is 0. The number of methoxy groups -OCH3 is 1. The van der Waals surface area contributed by atoms with Gasteiger partial charge in [0.25, 0.3) is 0 Å². The highest BCUT2D eigenvalue weighted by Crippen LogP contribution is 2.45. The van der Waals surface area contributed by atoms with Crippen LogP contribution in [0.3, 0.4) is 0 Å². The Morgan fingerprint density at radius 1 is 1.19 bits per heavy atom.